The van der Waals surface area contributed by atoms with Gasteiger partial charge in [0, 0.05) is 0 Å². The smallest absolute Gasteiger partial charge is 0.155 e. The summed E-state index contributed by atoms with van der Waals surface area (Å²) in [6.07, 6.45) is 0.451. The van der Waals surface area contributed by atoms with Crippen molar-refractivity contribution in [3.63, 3.8) is 0 Å². The van der Waals surface area contributed by atoms with Gasteiger partial charge in [0.1, 0.15) is 5.60 Å². The maximum absolute atomic E-state index is 10.5. The molecule has 0 aliphatic carbocycles. The van der Waals surface area contributed by atoms with Gasteiger partial charge in [0.2, 0.25) is 0 Å². The van der Waals surface area contributed by atoms with E-state index >= 15 is 0 Å². The van der Waals surface area contributed by atoms with Crippen molar-refractivity contribution in [3.05, 3.63) is 33.8 Å². The molecule has 0 heterocycles. The molecule has 1 rings (SSSR count). The van der Waals surface area contributed by atoms with Crippen molar-refractivity contribution in [1.29, 1.82) is 0 Å². The van der Waals surface area contributed by atoms with E-state index in [1.54, 1.807) is 6.07 Å². The summed E-state index contributed by atoms with van der Waals surface area (Å²) in [5.41, 5.74) is -1.08. The summed E-state index contributed by atoms with van der Waals surface area (Å²) in [6, 6.07) is 4.57. The van der Waals surface area contributed by atoms with Crippen molar-refractivity contribution in [2.24, 2.45) is 0 Å². The van der Waals surface area contributed by atoms with Crippen LogP contribution in [-0.4, -0.2) is 11.4 Å². The second-order valence-electron chi connectivity index (χ2n) is 2.89. The standard InChI is InChI=1S/C9H8Cl2O2/c1-9(13,5-12)6-2-3-7(10)8(11)4-6/h2-5,13H,1H3. The molecule has 4 heteroatoms. The second-order valence-corrected chi connectivity index (χ2v) is 3.71. The number of rotatable bonds is 2. The average Bonchev–Trinajstić information content (AvgIpc) is 2.09. The Morgan fingerprint density at radius 1 is 1.38 bits per heavy atom. The molecule has 70 valence electrons. The molecule has 0 saturated heterocycles. The van der Waals surface area contributed by atoms with Crippen LogP contribution in [0.3, 0.4) is 0 Å². The van der Waals surface area contributed by atoms with Crippen molar-refractivity contribution < 1.29 is 9.90 Å². The Labute approximate surface area is 86.1 Å². The molecule has 1 N–H and O–H groups in total. The first kappa shape index (κ1) is 10.5. The fourth-order valence-electron chi connectivity index (χ4n) is 0.879. The molecule has 1 aromatic carbocycles. The summed E-state index contributed by atoms with van der Waals surface area (Å²) < 4.78 is 0. The van der Waals surface area contributed by atoms with E-state index in [1.807, 2.05) is 0 Å². The Kier molecular flexibility index (Phi) is 2.96. The molecule has 0 spiro atoms. The first-order valence-corrected chi connectivity index (χ1v) is 4.37. The number of aliphatic hydroxyl groups is 1. The average molecular weight is 219 g/mol. The van der Waals surface area contributed by atoms with Gasteiger partial charge >= 0.3 is 0 Å². The van der Waals surface area contributed by atoms with Crippen LogP contribution in [0.25, 0.3) is 0 Å². The van der Waals surface area contributed by atoms with Crippen LogP contribution in [0.15, 0.2) is 18.2 Å². The second kappa shape index (κ2) is 3.66. The molecule has 1 aromatic rings. The van der Waals surface area contributed by atoms with Crippen molar-refractivity contribution in [1.82, 2.24) is 0 Å². The SMILES string of the molecule is CC(O)(C=O)c1ccc(Cl)c(Cl)c1. The Balaban J connectivity index is 3.18. The zero-order valence-corrected chi connectivity index (χ0v) is 8.43. The Bertz CT molecular complexity index is 334. The number of carbonyl (C=O) groups is 1. The third-order valence-electron chi connectivity index (χ3n) is 1.73. The predicted octanol–water partition coefficient (Wildman–Crippen LogP) is 2.40. The van der Waals surface area contributed by atoms with Crippen molar-refractivity contribution >= 4 is 29.5 Å². The Morgan fingerprint density at radius 2 is 2.00 bits per heavy atom. The minimum absolute atomic E-state index is 0.321. The summed E-state index contributed by atoms with van der Waals surface area (Å²) in [4.78, 5) is 10.5. The number of carbonyl (C=O) groups excluding carboxylic acids is 1. The minimum Gasteiger partial charge on any atom is -0.378 e. The highest BCUT2D eigenvalue weighted by molar-refractivity contribution is 6.42. The maximum Gasteiger partial charge on any atom is 0.155 e. The fourth-order valence-corrected chi connectivity index (χ4v) is 1.18. The topological polar surface area (TPSA) is 37.3 Å². The molecule has 1 unspecified atom stereocenters. The molecular weight excluding hydrogens is 211 g/mol. The lowest BCUT2D eigenvalue weighted by Crippen LogP contribution is -2.22. The van der Waals surface area contributed by atoms with E-state index in [0.29, 0.717) is 21.9 Å². The van der Waals surface area contributed by atoms with Crippen LogP contribution in [-0.2, 0) is 10.4 Å². The molecule has 0 aliphatic heterocycles. The van der Waals surface area contributed by atoms with E-state index in [-0.39, 0.29) is 0 Å². The van der Waals surface area contributed by atoms with Crippen LogP contribution < -0.4 is 0 Å². The van der Waals surface area contributed by atoms with E-state index in [9.17, 15) is 9.90 Å². The van der Waals surface area contributed by atoms with Crippen molar-refractivity contribution in [2.75, 3.05) is 0 Å². The van der Waals surface area contributed by atoms with E-state index < -0.39 is 5.60 Å². The lowest BCUT2D eigenvalue weighted by Gasteiger charge is -2.16. The molecule has 2 nitrogen and oxygen atoms in total. The van der Waals surface area contributed by atoms with Crippen LogP contribution in [0.4, 0.5) is 0 Å². The summed E-state index contributed by atoms with van der Waals surface area (Å²) in [5.74, 6) is 0. The number of hydrogen-bond donors (Lipinski definition) is 1. The van der Waals surface area contributed by atoms with Crippen LogP contribution in [0.1, 0.15) is 12.5 Å². The van der Waals surface area contributed by atoms with Gasteiger partial charge in [0.05, 0.1) is 10.0 Å². The molecule has 0 radical (unpaired) electrons. The molecular formula is C9H8Cl2O2. The molecule has 0 aliphatic rings. The normalized spacial score (nSPS) is 15.1. The Morgan fingerprint density at radius 3 is 2.46 bits per heavy atom. The number of benzene rings is 1. The first-order chi connectivity index (χ1) is 5.97. The minimum atomic E-state index is -1.51. The fraction of sp³-hybridized carbons (Fsp3) is 0.222. The lowest BCUT2D eigenvalue weighted by atomic mass is 9.98. The Hall–Kier alpha value is -0.570. The van der Waals surface area contributed by atoms with E-state index in [2.05, 4.69) is 0 Å². The van der Waals surface area contributed by atoms with E-state index in [0.717, 1.165) is 0 Å². The van der Waals surface area contributed by atoms with E-state index in [1.165, 1.54) is 19.1 Å². The molecule has 0 bridgehead atoms. The van der Waals surface area contributed by atoms with Gasteiger partial charge < -0.3 is 5.11 Å². The molecule has 0 amide bonds. The van der Waals surface area contributed by atoms with Crippen LogP contribution in [0, 0.1) is 0 Å². The summed E-state index contributed by atoms with van der Waals surface area (Å²) >= 11 is 11.4. The predicted molar refractivity (Wildman–Crippen MR) is 52.1 cm³/mol. The van der Waals surface area contributed by atoms with E-state index in [4.69, 9.17) is 23.2 Å². The molecule has 1 atom stereocenters. The highest BCUT2D eigenvalue weighted by atomic mass is 35.5. The summed E-state index contributed by atoms with van der Waals surface area (Å²) in [5, 5.41) is 10.3. The third kappa shape index (κ3) is 2.21. The van der Waals surface area contributed by atoms with Gasteiger partial charge in [-0.3, -0.25) is 4.79 Å². The van der Waals surface area contributed by atoms with Crippen molar-refractivity contribution in [2.45, 2.75) is 12.5 Å². The maximum atomic E-state index is 10.5. The zero-order valence-electron chi connectivity index (χ0n) is 6.92. The quantitative estimate of drug-likeness (QED) is 0.775. The molecule has 0 aromatic heterocycles. The van der Waals surface area contributed by atoms with Gasteiger partial charge in [-0.1, -0.05) is 29.3 Å². The zero-order chi connectivity index (χ0) is 10.1. The summed E-state index contributed by atoms with van der Waals surface area (Å²) in [7, 11) is 0. The number of halogens is 2. The number of hydrogen-bond acceptors (Lipinski definition) is 2. The number of aldehydes is 1. The summed E-state index contributed by atoms with van der Waals surface area (Å²) in [6.45, 7) is 1.39. The highest BCUT2D eigenvalue weighted by Crippen LogP contribution is 2.27. The van der Waals surface area contributed by atoms with Gasteiger partial charge in [-0.15, -0.1) is 0 Å². The van der Waals surface area contributed by atoms with Gasteiger partial charge in [0.15, 0.2) is 6.29 Å². The molecule has 13 heavy (non-hydrogen) atoms. The highest BCUT2D eigenvalue weighted by Gasteiger charge is 2.22. The molecule has 0 fully saturated rings. The van der Waals surface area contributed by atoms with Gasteiger partial charge in [-0.25, -0.2) is 0 Å². The largest absolute Gasteiger partial charge is 0.378 e. The van der Waals surface area contributed by atoms with Gasteiger partial charge in [0.25, 0.3) is 0 Å². The van der Waals surface area contributed by atoms with Crippen molar-refractivity contribution in [3.8, 4) is 0 Å². The van der Waals surface area contributed by atoms with Crippen LogP contribution in [0.5, 0.6) is 0 Å². The lowest BCUT2D eigenvalue weighted by molar-refractivity contribution is -0.123. The van der Waals surface area contributed by atoms with Crippen LogP contribution >= 0.6 is 23.2 Å². The first-order valence-electron chi connectivity index (χ1n) is 3.61. The van der Waals surface area contributed by atoms with Gasteiger partial charge in [-0.05, 0) is 24.6 Å². The van der Waals surface area contributed by atoms with Crippen LogP contribution in [0.2, 0.25) is 10.0 Å². The van der Waals surface area contributed by atoms with Gasteiger partial charge in [-0.2, -0.15) is 0 Å². The third-order valence-corrected chi connectivity index (χ3v) is 2.47. The monoisotopic (exact) mass is 218 g/mol. The molecule has 0 saturated carbocycles.